The van der Waals surface area contributed by atoms with Gasteiger partial charge in [0, 0.05) is 0 Å². The average Bonchev–Trinajstić information content (AvgIpc) is 2.76. The molecule has 102 valence electrons. The molecule has 0 unspecified atom stereocenters. The van der Waals surface area contributed by atoms with Gasteiger partial charge in [-0.15, -0.1) is 0 Å². The lowest BCUT2D eigenvalue weighted by Crippen LogP contribution is -2.43. The van der Waals surface area contributed by atoms with Crippen LogP contribution in [0, 0.1) is 0 Å². The Hall–Kier alpha value is -1.42. The fourth-order valence-electron chi connectivity index (χ4n) is 2.94. The van der Waals surface area contributed by atoms with Crippen molar-refractivity contribution in [3.05, 3.63) is 22.2 Å². The highest BCUT2D eigenvalue weighted by Crippen LogP contribution is 2.51. The number of rotatable bonds is 3. The summed E-state index contributed by atoms with van der Waals surface area (Å²) < 4.78 is 10.7. The van der Waals surface area contributed by atoms with E-state index >= 15 is 0 Å². The summed E-state index contributed by atoms with van der Waals surface area (Å²) in [6.07, 6.45) is 2.93. The summed E-state index contributed by atoms with van der Waals surface area (Å²) in [5.41, 5.74) is 0.867. The zero-order valence-electron chi connectivity index (χ0n) is 10.7. The van der Waals surface area contributed by atoms with Gasteiger partial charge in [-0.1, -0.05) is 24.9 Å². The molecule has 5 heteroatoms. The Kier molecular flexibility index (Phi) is 2.86. The normalized spacial score (nSPS) is 19.1. The molecule has 1 aromatic rings. The van der Waals surface area contributed by atoms with Crippen molar-refractivity contribution in [2.75, 3.05) is 6.79 Å². The maximum absolute atomic E-state index is 11.7. The zero-order valence-corrected chi connectivity index (χ0v) is 11.4. The van der Waals surface area contributed by atoms with E-state index in [0.29, 0.717) is 35.8 Å². The van der Waals surface area contributed by atoms with Crippen LogP contribution < -0.4 is 9.47 Å². The van der Waals surface area contributed by atoms with E-state index < -0.39 is 11.4 Å². The number of aliphatic carboxylic acids is 1. The zero-order chi connectivity index (χ0) is 13.6. The predicted molar refractivity (Wildman–Crippen MR) is 70.1 cm³/mol. The fraction of sp³-hybridized carbons (Fsp3) is 0.500. The average molecular weight is 283 g/mol. The van der Waals surface area contributed by atoms with Gasteiger partial charge in [-0.2, -0.15) is 0 Å². The number of carboxylic acid groups (broad SMARTS) is 1. The van der Waals surface area contributed by atoms with E-state index in [0.717, 1.165) is 17.5 Å². The molecule has 0 radical (unpaired) electrons. The smallest absolute Gasteiger partial charge is 0.314 e. The molecule has 0 atom stereocenters. The first-order valence-corrected chi connectivity index (χ1v) is 6.83. The molecule has 1 aliphatic heterocycles. The molecule has 1 aliphatic carbocycles. The van der Waals surface area contributed by atoms with E-state index in [2.05, 4.69) is 0 Å². The van der Waals surface area contributed by atoms with Gasteiger partial charge in [0.2, 0.25) is 6.79 Å². The molecule has 1 aromatic carbocycles. The van der Waals surface area contributed by atoms with E-state index in [4.69, 9.17) is 21.1 Å². The number of fused-ring (bicyclic) bond motifs is 1. The minimum Gasteiger partial charge on any atom is -0.481 e. The molecular weight excluding hydrogens is 268 g/mol. The standard InChI is InChI=1S/C14H15ClO4/c1-2-8-9(14(13(16)17)4-3-5-14)6-10-12(11(8)15)19-7-18-10/h6H,2-5,7H2,1H3,(H,16,17). The van der Waals surface area contributed by atoms with E-state index in [1.165, 1.54) is 0 Å². The Bertz CT molecular complexity index is 549. The topological polar surface area (TPSA) is 55.8 Å². The summed E-state index contributed by atoms with van der Waals surface area (Å²) in [5.74, 6) is 0.329. The highest BCUT2D eigenvalue weighted by atomic mass is 35.5. The summed E-state index contributed by atoms with van der Waals surface area (Å²) in [7, 11) is 0. The highest BCUT2D eigenvalue weighted by Gasteiger charge is 2.48. The molecular formula is C14H15ClO4. The minimum atomic E-state index is -0.796. The summed E-state index contributed by atoms with van der Waals surface area (Å²) in [5, 5.41) is 10.1. The number of hydrogen-bond acceptors (Lipinski definition) is 3. The first-order valence-electron chi connectivity index (χ1n) is 6.45. The maximum atomic E-state index is 11.7. The third-order valence-corrected chi connectivity index (χ3v) is 4.59. The van der Waals surface area contributed by atoms with Crippen LogP contribution in [-0.4, -0.2) is 17.9 Å². The molecule has 1 saturated carbocycles. The first-order chi connectivity index (χ1) is 9.10. The van der Waals surface area contributed by atoms with Crippen molar-refractivity contribution in [1.82, 2.24) is 0 Å². The Morgan fingerprint density at radius 3 is 2.74 bits per heavy atom. The summed E-state index contributed by atoms with van der Waals surface area (Å²) in [6, 6.07) is 1.81. The molecule has 4 nitrogen and oxygen atoms in total. The molecule has 3 rings (SSSR count). The molecule has 19 heavy (non-hydrogen) atoms. The molecule has 1 N–H and O–H groups in total. The number of carbonyl (C=O) groups is 1. The maximum Gasteiger partial charge on any atom is 0.314 e. The summed E-state index contributed by atoms with van der Waals surface area (Å²) >= 11 is 6.35. The van der Waals surface area contributed by atoms with Gasteiger partial charge >= 0.3 is 5.97 Å². The van der Waals surface area contributed by atoms with E-state index in [1.54, 1.807) is 6.07 Å². The molecule has 0 aromatic heterocycles. The molecule has 1 fully saturated rings. The molecule has 0 spiro atoms. The largest absolute Gasteiger partial charge is 0.481 e. The van der Waals surface area contributed by atoms with Crippen molar-refractivity contribution in [2.24, 2.45) is 0 Å². The van der Waals surface area contributed by atoms with Gasteiger partial charge in [0.25, 0.3) is 0 Å². The SMILES string of the molecule is CCc1c(C2(C(=O)O)CCC2)cc2c(c1Cl)OCO2. The second kappa shape index (κ2) is 4.30. The van der Waals surface area contributed by atoms with Gasteiger partial charge in [0.15, 0.2) is 11.5 Å². The van der Waals surface area contributed by atoms with Crippen LogP contribution in [0.15, 0.2) is 6.07 Å². The second-order valence-corrected chi connectivity index (χ2v) is 5.42. The van der Waals surface area contributed by atoms with Crippen LogP contribution in [0.3, 0.4) is 0 Å². The summed E-state index contributed by atoms with van der Waals surface area (Å²) in [6.45, 7) is 2.11. The van der Waals surface area contributed by atoms with Crippen LogP contribution in [0.5, 0.6) is 11.5 Å². The molecule has 0 saturated heterocycles. The summed E-state index contributed by atoms with van der Waals surface area (Å²) in [4.78, 5) is 11.7. The fourth-order valence-corrected chi connectivity index (χ4v) is 3.33. The molecule has 1 heterocycles. The van der Waals surface area contributed by atoms with Crippen LogP contribution in [0.4, 0.5) is 0 Å². The minimum absolute atomic E-state index is 0.141. The van der Waals surface area contributed by atoms with Crippen LogP contribution in [0.1, 0.15) is 37.3 Å². The van der Waals surface area contributed by atoms with E-state index in [-0.39, 0.29) is 6.79 Å². The third kappa shape index (κ3) is 1.62. The van der Waals surface area contributed by atoms with Gasteiger partial charge in [-0.3, -0.25) is 4.79 Å². The monoisotopic (exact) mass is 282 g/mol. The van der Waals surface area contributed by atoms with Crippen molar-refractivity contribution >= 4 is 17.6 Å². The lowest BCUT2D eigenvalue weighted by Gasteiger charge is -2.39. The number of hydrogen-bond donors (Lipinski definition) is 1. The van der Waals surface area contributed by atoms with E-state index in [9.17, 15) is 9.90 Å². The van der Waals surface area contributed by atoms with Crippen LogP contribution in [0.2, 0.25) is 5.02 Å². The first kappa shape index (κ1) is 12.6. The van der Waals surface area contributed by atoms with Gasteiger partial charge in [-0.05, 0) is 36.5 Å². The molecule has 0 amide bonds. The van der Waals surface area contributed by atoms with Crippen molar-refractivity contribution in [3.63, 3.8) is 0 Å². The Morgan fingerprint density at radius 2 is 2.21 bits per heavy atom. The quantitative estimate of drug-likeness (QED) is 0.925. The number of halogens is 1. The van der Waals surface area contributed by atoms with Crippen LogP contribution >= 0.6 is 11.6 Å². The molecule has 2 aliphatic rings. The molecule has 0 bridgehead atoms. The number of ether oxygens (including phenoxy) is 2. The second-order valence-electron chi connectivity index (χ2n) is 5.04. The lowest BCUT2D eigenvalue weighted by atomic mass is 9.63. The van der Waals surface area contributed by atoms with Gasteiger partial charge in [0.05, 0.1) is 10.4 Å². The Labute approximate surface area is 116 Å². The lowest BCUT2D eigenvalue weighted by molar-refractivity contribution is -0.147. The van der Waals surface area contributed by atoms with Crippen molar-refractivity contribution in [1.29, 1.82) is 0 Å². The predicted octanol–water partition coefficient (Wildman–Crippen LogP) is 3.14. The van der Waals surface area contributed by atoms with Gasteiger partial charge in [-0.25, -0.2) is 0 Å². The van der Waals surface area contributed by atoms with Crippen LogP contribution in [0.25, 0.3) is 0 Å². The third-order valence-electron chi connectivity index (χ3n) is 4.19. The van der Waals surface area contributed by atoms with Crippen molar-refractivity contribution < 1.29 is 19.4 Å². The van der Waals surface area contributed by atoms with Gasteiger partial charge < -0.3 is 14.6 Å². The van der Waals surface area contributed by atoms with Crippen molar-refractivity contribution in [2.45, 2.75) is 38.0 Å². The number of benzene rings is 1. The van der Waals surface area contributed by atoms with E-state index in [1.807, 2.05) is 6.92 Å². The van der Waals surface area contributed by atoms with Crippen molar-refractivity contribution in [3.8, 4) is 11.5 Å². The number of carboxylic acids is 1. The Morgan fingerprint density at radius 1 is 1.47 bits per heavy atom. The highest BCUT2D eigenvalue weighted by molar-refractivity contribution is 6.33. The Balaban J connectivity index is 2.21. The van der Waals surface area contributed by atoms with Crippen LogP contribution in [-0.2, 0) is 16.6 Å². The van der Waals surface area contributed by atoms with Gasteiger partial charge in [0.1, 0.15) is 0 Å².